The predicted molar refractivity (Wildman–Crippen MR) is 173 cm³/mol. The standard InChI is InChI=1S/C34H27N5O4S/c1-23-13-16-28(17-14-23)44-22-30-29(34(40)38(35-30)27-11-7-4-8-12-27)19-25-21-37(26-9-5-3-6-10-26)36-33(25)24-15-18-32(43-2)31(20-24)39(41)42/h3-21H,22H2,1-2H3. The molecule has 9 nitrogen and oxygen atoms in total. The average Bonchev–Trinajstić information content (AvgIpc) is 3.62. The summed E-state index contributed by atoms with van der Waals surface area (Å²) in [7, 11) is 1.39. The highest BCUT2D eigenvalue weighted by Crippen LogP contribution is 2.35. The maximum Gasteiger partial charge on any atom is 0.311 e. The van der Waals surface area contributed by atoms with Crippen LogP contribution in [0.1, 0.15) is 11.1 Å². The molecule has 0 atom stereocenters. The summed E-state index contributed by atoms with van der Waals surface area (Å²) in [5.41, 5.74) is 5.08. The number of aryl methyl sites for hydroxylation is 1. The summed E-state index contributed by atoms with van der Waals surface area (Å²) >= 11 is 1.59. The molecule has 0 saturated heterocycles. The Hall–Kier alpha value is -5.48. The van der Waals surface area contributed by atoms with Crippen LogP contribution in [0.15, 0.2) is 125 Å². The van der Waals surface area contributed by atoms with E-state index in [0.717, 1.165) is 10.6 Å². The molecule has 0 spiro atoms. The zero-order valence-corrected chi connectivity index (χ0v) is 24.8. The number of para-hydroxylation sites is 2. The Morgan fingerprint density at radius 3 is 2.27 bits per heavy atom. The number of anilines is 1. The monoisotopic (exact) mass is 601 g/mol. The number of carbonyl (C=O) groups is 1. The second kappa shape index (κ2) is 12.4. The number of nitro groups is 1. The molecule has 0 N–H and O–H groups in total. The molecule has 218 valence electrons. The minimum absolute atomic E-state index is 0.146. The van der Waals surface area contributed by atoms with Gasteiger partial charge < -0.3 is 4.74 Å². The van der Waals surface area contributed by atoms with Crippen molar-refractivity contribution in [2.45, 2.75) is 11.8 Å². The number of benzene rings is 4. The van der Waals surface area contributed by atoms with Gasteiger partial charge in [-0.1, -0.05) is 54.1 Å². The number of hydrazone groups is 1. The second-order valence-electron chi connectivity index (χ2n) is 10.0. The highest BCUT2D eigenvalue weighted by Gasteiger charge is 2.32. The van der Waals surface area contributed by atoms with E-state index in [-0.39, 0.29) is 17.3 Å². The van der Waals surface area contributed by atoms with Crippen LogP contribution in [-0.2, 0) is 4.79 Å². The van der Waals surface area contributed by atoms with Crippen molar-refractivity contribution in [1.29, 1.82) is 0 Å². The number of thioether (sulfide) groups is 1. The molecule has 1 aromatic heterocycles. The van der Waals surface area contributed by atoms with Crippen LogP contribution >= 0.6 is 11.8 Å². The number of carbonyl (C=O) groups excluding carboxylic acids is 1. The molecule has 0 radical (unpaired) electrons. The lowest BCUT2D eigenvalue weighted by atomic mass is 10.0. The van der Waals surface area contributed by atoms with E-state index in [4.69, 9.17) is 14.9 Å². The number of amides is 1. The molecule has 5 aromatic rings. The number of nitro benzene ring substituents is 1. The van der Waals surface area contributed by atoms with Gasteiger partial charge in [0.15, 0.2) is 5.75 Å². The van der Waals surface area contributed by atoms with Crippen LogP contribution in [0.2, 0.25) is 0 Å². The van der Waals surface area contributed by atoms with Crippen LogP contribution < -0.4 is 9.75 Å². The van der Waals surface area contributed by atoms with Crippen molar-refractivity contribution < 1.29 is 14.5 Å². The van der Waals surface area contributed by atoms with E-state index in [9.17, 15) is 14.9 Å². The summed E-state index contributed by atoms with van der Waals surface area (Å²) in [6, 6.07) is 31.7. The van der Waals surface area contributed by atoms with E-state index in [2.05, 4.69) is 12.1 Å². The zero-order chi connectivity index (χ0) is 30.6. The van der Waals surface area contributed by atoms with Crippen molar-refractivity contribution in [2.75, 3.05) is 17.9 Å². The van der Waals surface area contributed by atoms with Crippen molar-refractivity contribution in [3.63, 3.8) is 0 Å². The molecule has 4 aromatic carbocycles. The Morgan fingerprint density at radius 2 is 1.61 bits per heavy atom. The van der Waals surface area contributed by atoms with Crippen molar-refractivity contribution in [3.05, 3.63) is 136 Å². The third-order valence-electron chi connectivity index (χ3n) is 7.06. The number of hydrogen-bond donors (Lipinski definition) is 0. The SMILES string of the molecule is COc1ccc(-c2nn(-c3ccccc3)cc2C=C2C(=O)N(c3ccccc3)N=C2CSc2ccc(C)cc2)cc1[N+](=O)[O-]. The Kier molecular flexibility index (Phi) is 8.07. The van der Waals surface area contributed by atoms with Gasteiger partial charge in [0.1, 0.15) is 5.69 Å². The highest BCUT2D eigenvalue weighted by atomic mass is 32.2. The molecule has 44 heavy (non-hydrogen) atoms. The zero-order valence-electron chi connectivity index (χ0n) is 24.0. The largest absolute Gasteiger partial charge is 0.490 e. The topological polar surface area (TPSA) is 103 Å². The van der Waals surface area contributed by atoms with Crippen LogP contribution in [0.4, 0.5) is 11.4 Å². The maximum atomic E-state index is 13.9. The quantitative estimate of drug-likeness (QED) is 0.0758. The van der Waals surface area contributed by atoms with Crippen molar-refractivity contribution in [2.24, 2.45) is 5.10 Å². The number of hydrogen-bond acceptors (Lipinski definition) is 7. The number of aromatic nitrogens is 2. The number of rotatable bonds is 9. The van der Waals surface area contributed by atoms with E-state index >= 15 is 0 Å². The summed E-state index contributed by atoms with van der Waals surface area (Å²) in [6.07, 6.45) is 3.59. The smallest absolute Gasteiger partial charge is 0.311 e. The molecule has 0 unspecified atom stereocenters. The van der Waals surface area contributed by atoms with Crippen molar-refractivity contribution in [1.82, 2.24) is 9.78 Å². The number of ether oxygens (including phenoxy) is 1. The summed E-state index contributed by atoms with van der Waals surface area (Å²) in [5, 5.41) is 22.8. The molecular weight excluding hydrogens is 574 g/mol. The minimum Gasteiger partial charge on any atom is -0.490 e. The van der Waals surface area contributed by atoms with Crippen LogP contribution in [0.25, 0.3) is 23.0 Å². The Balaban J connectivity index is 1.46. The first kappa shape index (κ1) is 28.6. The fourth-order valence-corrected chi connectivity index (χ4v) is 5.65. The molecule has 1 amide bonds. The lowest BCUT2D eigenvalue weighted by Crippen LogP contribution is -2.21. The molecular formula is C34H27N5O4S. The van der Waals surface area contributed by atoms with Gasteiger partial charge in [-0.25, -0.2) is 4.68 Å². The van der Waals surface area contributed by atoms with Gasteiger partial charge in [-0.2, -0.15) is 15.2 Å². The summed E-state index contributed by atoms with van der Waals surface area (Å²) < 4.78 is 6.91. The van der Waals surface area contributed by atoms with Gasteiger partial charge in [-0.3, -0.25) is 14.9 Å². The summed E-state index contributed by atoms with van der Waals surface area (Å²) in [5.74, 6) is 0.336. The lowest BCUT2D eigenvalue weighted by molar-refractivity contribution is -0.385. The minimum atomic E-state index is -0.486. The average molecular weight is 602 g/mol. The van der Waals surface area contributed by atoms with E-state index in [1.165, 1.54) is 23.7 Å². The van der Waals surface area contributed by atoms with Crippen LogP contribution in [0.3, 0.4) is 0 Å². The van der Waals surface area contributed by atoms with Gasteiger partial charge in [0.25, 0.3) is 5.91 Å². The molecule has 0 bridgehead atoms. The molecule has 0 saturated carbocycles. The van der Waals surface area contributed by atoms with Gasteiger partial charge in [0.05, 0.1) is 34.7 Å². The lowest BCUT2D eigenvalue weighted by Gasteiger charge is -2.11. The second-order valence-corrected chi connectivity index (χ2v) is 11.1. The summed E-state index contributed by atoms with van der Waals surface area (Å²) in [6.45, 7) is 2.04. The highest BCUT2D eigenvalue weighted by molar-refractivity contribution is 8.00. The van der Waals surface area contributed by atoms with E-state index in [1.54, 1.807) is 34.7 Å². The van der Waals surface area contributed by atoms with Crippen molar-refractivity contribution in [3.8, 4) is 22.7 Å². The first-order valence-electron chi connectivity index (χ1n) is 13.8. The van der Waals surface area contributed by atoms with Crippen molar-refractivity contribution >= 4 is 40.8 Å². The third-order valence-corrected chi connectivity index (χ3v) is 8.09. The Bertz CT molecular complexity index is 1900. The first-order chi connectivity index (χ1) is 21.4. The van der Waals surface area contributed by atoms with E-state index in [1.807, 2.05) is 85.9 Å². The first-order valence-corrected chi connectivity index (χ1v) is 14.8. The van der Waals surface area contributed by atoms with Gasteiger partial charge in [-0.15, -0.1) is 11.8 Å². The van der Waals surface area contributed by atoms with Gasteiger partial charge in [0.2, 0.25) is 0 Å². The van der Waals surface area contributed by atoms with Gasteiger partial charge in [-0.05, 0) is 61.5 Å². The third kappa shape index (κ3) is 5.88. The van der Waals surface area contributed by atoms with Gasteiger partial charge >= 0.3 is 5.69 Å². The summed E-state index contributed by atoms with van der Waals surface area (Å²) in [4.78, 5) is 26.3. The fourth-order valence-electron chi connectivity index (χ4n) is 4.81. The van der Waals surface area contributed by atoms with Crippen LogP contribution in [0, 0.1) is 17.0 Å². The molecule has 0 fully saturated rings. The molecule has 2 heterocycles. The molecule has 1 aliphatic heterocycles. The predicted octanol–water partition coefficient (Wildman–Crippen LogP) is 7.34. The van der Waals surface area contributed by atoms with E-state index < -0.39 is 4.92 Å². The normalized spacial score (nSPS) is 13.8. The molecule has 0 aliphatic carbocycles. The number of nitrogens with zero attached hydrogens (tertiary/aromatic N) is 5. The molecule has 10 heteroatoms. The Morgan fingerprint density at radius 1 is 0.932 bits per heavy atom. The fraction of sp³-hybridized carbons (Fsp3) is 0.0882. The maximum absolute atomic E-state index is 13.9. The number of methoxy groups -OCH3 is 1. The van der Waals surface area contributed by atoms with E-state index in [0.29, 0.717) is 39.5 Å². The Labute approximate surface area is 258 Å². The van der Waals surface area contributed by atoms with Gasteiger partial charge in [0, 0.05) is 34.0 Å². The molecule has 1 aliphatic rings. The van der Waals surface area contributed by atoms with Crippen LogP contribution in [0.5, 0.6) is 5.75 Å². The molecule has 6 rings (SSSR count). The van der Waals surface area contributed by atoms with Crippen LogP contribution in [-0.4, -0.2) is 39.2 Å².